The Morgan fingerprint density at radius 1 is 1.15 bits per heavy atom. The molecule has 0 saturated heterocycles. The molecule has 0 radical (unpaired) electrons. The predicted octanol–water partition coefficient (Wildman–Crippen LogP) is -1.77. The highest BCUT2D eigenvalue weighted by atomic mass is 16.6. The molecule has 2 atom stereocenters. The normalized spacial score (nSPS) is 11.4. The maximum atomic E-state index is 11.5. The maximum absolute atomic E-state index is 11.5. The number of amides is 1. The Hall–Kier alpha value is -3.69. The molecule has 230 valence electrons. The summed E-state index contributed by atoms with van der Waals surface area (Å²) in [5.41, 5.74) is 5.60. The molecule has 1 aromatic rings. The van der Waals surface area contributed by atoms with Gasteiger partial charge in [-0.3, -0.25) is 19.2 Å². The second-order valence-electron chi connectivity index (χ2n) is 9.51. The number of H-pyrrole nitrogens is 1. The Kier molecular flexibility index (Phi) is 23.7. The molecule has 1 rings (SSSR count). The van der Waals surface area contributed by atoms with Crippen molar-refractivity contribution < 1.29 is 52.9 Å². The molecule has 0 aliphatic heterocycles. The fourth-order valence-corrected chi connectivity index (χ4v) is 2.46. The fourth-order valence-electron chi connectivity index (χ4n) is 2.46. The van der Waals surface area contributed by atoms with Crippen LogP contribution in [0.15, 0.2) is 12.5 Å². The number of aromatic amines is 1. The van der Waals surface area contributed by atoms with E-state index in [4.69, 9.17) is 15.6 Å². The van der Waals surface area contributed by atoms with Crippen molar-refractivity contribution in [2.75, 3.05) is 41.3 Å². The lowest BCUT2D eigenvalue weighted by Crippen LogP contribution is -2.43. The Morgan fingerprint density at radius 3 is 2.05 bits per heavy atom. The highest BCUT2D eigenvalue weighted by molar-refractivity contribution is 5.84. The summed E-state index contributed by atoms with van der Waals surface area (Å²) in [6.45, 7) is 6.14. The topological polar surface area (TPSA) is 231 Å². The van der Waals surface area contributed by atoms with Gasteiger partial charge in [0.2, 0.25) is 0 Å². The minimum Gasteiger partial charge on any atom is -0.550 e. The number of nitrogens with one attached hydrogen (secondary N) is 2. The molecule has 0 fully saturated rings. The molecule has 1 heterocycles. The standard InChI is InChI=1S/C9H14N4O3.C7H15NO3.C6H10O3.C3H6O/c1-11-7(2-6-3-12-5-13-6)9(15)16-4-8(10)14;1-8(2,3)5-6(9)4-7(10)11;1-3-4-6(8)9-5(2)7;1-3(2)4/h3,5,7,11H,2,4H2,1H3,(H2,10,14)(H,12,13);6,9H,4-5H2,1-3H3;3-4H2,1-2H3;1-2H3/t7-;;;/m0.../s1. The van der Waals surface area contributed by atoms with Gasteiger partial charge in [0.15, 0.2) is 6.61 Å². The van der Waals surface area contributed by atoms with Crippen molar-refractivity contribution in [2.45, 2.75) is 65.5 Å². The number of imidazole rings is 1. The largest absolute Gasteiger partial charge is 0.550 e. The third kappa shape index (κ3) is 32.3. The summed E-state index contributed by atoms with van der Waals surface area (Å²) in [5.74, 6) is -3.21. The van der Waals surface area contributed by atoms with Gasteiger partial charge in [0.05, 0.1) is 33.2 Å². The Labute approximate surface area is 235 Å². The molecule has 0 bridgehead atoms. The third-order valence-electron chi connectivity index (χ3n) is 3.83. The average Bonchev–Trinajstić information content (AvgIpc) is 3.27. The first-order chi connectivity index (χ1) is 18.3. The molecule has 1 unspecified atom stereocenters. The van der Waals surface area contributed by atoms with Crippen LogP contribution in [0.1, 0.15) is 52.7 Å². The number of aliphatic hydroxyl groups excluding tert-OH is 1. The van der Waals surface area contributed by atoms with E-state index in [2.05, 4.69) is 20.0 Å². The number of Topliss-reactive ketones (excluding diaryl/α,β-unsaturated/α-hetero) is 1. The predicted molar refractivity (Wildman–Crippen MR) is 142 cm³/mol. The summed E-state index contributed by atoms with van der Waals surface area (Å²) in [6.07, 6.45) is 3.54. The molecule has 1 aromatic heterocycles. The third-order valence-corrected chi connectivity index (χ3v) is 3.83. The van der Waals surface area contributed by atoms with Gasteiger partial charge < -0.3 is 49.8 Å². The van der Waals surface area contributed by atoms with Crippen molar-refractivity contribution in [1.82, 2.24) is 15.3 Å². The number of carboxylic acid groups (broad SMARTS) is 1. The highest BCUT2D eigenvalue weighted by Gasteiger charge is 2.20. The summed E-state index contributed by atoms with van der Waals surface area (Å²) in [6, 6.07) is -0.539. The minimum atomic E-state index is -1.20. The number of aliphatic hydroxyl groups is 1. The van der Waals surface area contributed by atoms with E-state index in [-0.39, 0.29) is 12.2 Å². The van der Waals surface area contributed by atoms with Gasteiger partial charge in [-0.05, 0) is 27.3 Å². The van der Waals surface area contributed by atoms with E-state index in [1.807, 2.05) is 28.1 Å². The molecule has 1 amide bonds. The fraction of sp³-hybridized carbons (Fsp3) is 0.640. The Bertz CT molecular complexity index is 894. The van der Waals surface area contributed by atoms with E-state index in [9.17, 15) is 33.9 Å². The molecule has 0 spiro atoms. The summed E-state index contributed by atoms with van der Waals surface area (Å²) in [5, 5.41) is 21.9. The van der Waals surface area contributed by atoms with E-state index in [0.717, 1.165) is 5.69 Å². The number of aromatic nitrogens is 2. The van der Waals surface area contributed by atoms with Crippen LogP contribution in [0, 0.1) is 0 Å². The molecule has 15 nitrogen and oxygen atoms in total. The van der Waals surface area contributed by atoms with Gasteiger partial charge in [0, 0.05) is 38.4 Å². The van der Waals surface area contributed by atoms with Gasteiger partial charge in [-0.1, -0.05) is 6.92 Å². The van der Waals surface area contributed by atoms with E-state index in [1.165, 1.54) is 27.1 Å². The number of quaternary nitrogens is 1. The zero-order valence-corrected chi connectivity index (χ0v) is 24.6. The van der Waals surface area contributed by atoms with Gasteiger partial charge in [0.25, 0.3) is 5.91 Å². The molecule has 0 saturated carbocycles. The summed E-state index contributed by atoms with van der Waals surface area (Å²) < 4.78 is 9.45. The second kappa shape index (κ2) is 23.2. The van der Waals surface area contributed by atoms with Crippen LogP contribution in [0.2, 0.25) is 0 Å². The maximum Gasteiger partial charge on any atom is 0.324 e. The van der Waals surface area contributed by atoms with Crippen molar-refractivity contribution in [3.63, 3.8) is 0 Å². The Balaban J connectivity index is -0.000000501. The summed E-state index contributed by atoms with van der Waals surface area (Å²) >= 11 is 0. The van der Waals surface area contributed by atoms with Gasteiger partial charge >= 0.3 is 17.9 Å². The first-order valence-electron chi connectivity index (χ1n) is 12.3. The number of ketones is 1. The average molecular weight is 576 g/mol. The van der Waals surface area contributed by atoms with Crippen LogP contribution in [0.4, 0.5) is 0 Å². The van der Waals surface area contributed by atoms with Gasteiger partial charge in [-0.25, -0.2) is 4.98 Å². The van der Waals surface area contributed by atoms with Gasteiger partial charge in [-0.2, -0.15) is 0 Å². The van der Waals surface area contributed by atoms with Crippen molar-refractivity contribution >= 4 is 35.6 Å². The number of nitrogens with zero attached hydrogens (tertiary/aromatic N) is 2. The smallest absolute Gasteiger partial charge is 0.324 e. The van der Waals surface area contributed by atoms with Crippen molar-refractivity contribution in [3.05, 3.63) is 18.2 Å². The number of nitrogens with two attached hydrogens (primary N) is 1. The van der Waals surface area contributed by atoms with E-state index in [1.54, 1.807) is 13.2 Å². The Morgan fingerprint density at radius 2 is 1.70 bits per heavy atom. The number of hydrogen-bond donors (Lipinski definition) is 4. The number of rotatable bonds is 12. The van der Waals surface area contributed by atoms with Crippen LogP contribution in [-0.2, 0) is 44.7 Å². The van der Waals surface area contributed by atoms with Crippen molar-refractivity contribution in [2.24, 2.45) is 5.73 Å². The first-order valence-corrected chi connectivity index (χ1v) is 12.3. The molecule has 5 N–H and O–H groups in total. The lowest BCUT2D eigenvalue weighted by molar-refractivity contribution is -0.873. The quantitative estimate of drug-likeness (QED) is 0.123. The van der Waals surface area contributed by atoms with Crippen molar-refractivity contribution in [1.29, 1.82) is 0 Å². The van der Waals surface area contributed by atoms with E-state index >= 15 is 0 Å². The lowest BCUT2D eigenvalue weighted by Gasteiger charge is -2.26. The number of hydrogen-bond acceptors (Lipinski definition) is 12. The molecule has 15 heteroatoms. The first kappa shape index (κ1) is 40.8. The molecule has 0 aliphatic rings. The molecule has 0 aromatic carbocycles. The second-order valence-corrected chi connectivity index (χ2v) is 9.51. The van der Waals surface area contributed by atoms with Gasteiger partial charge in [0.1, 0.15) is 24.5 Å². The summed E-state index contributed by atoms with van der Waals surface area (Å²) in [4.78, 5) is 68.6. The molecule has 0 aliphatic carbocycles. The molecular formula is C25H45N5O10. The number of carbonyl (C=O) groups is 6. The zero-order valence-electron chi connectivity index (χ0n) is 24.6. The number of esters is 3. The van der Waals surface area contributed by atoms with Crippen LogP contribution < -0.4 is 16.2 Å². The van der Waals surface area contributed by atoms with E-state index in [0.29, 0.717) is 30.3 Å². The number of carboxylic acids is 1. The minimum absolute atomic E-state index is 0.167. The lowest BCUT2D eigenvalue weighted by atomic mass is 10.2. The van der Waals surface area contributed by atoms with E-state index < -0.39 is 48.5 Å². The van der Waals surface area contributed by atoms with Crippen LogP contribution in [-0.4, -0.2) is 109 Å². The number of primary amides is 1. The number of ether oxygens (including phenoxy) is 2. The van der Waals surface area contributed by atoms with Crippen LogP contribution >= 0.6 is 0 Å². The number of carbonyl (C=O) groups excluding carboxylic acids is 6. The number of likely N-dealkylation sites (N-methyl/N-ethyl adjacent to an activating group) is 2. The van der Waals surface area contributed by atoms with Crippen LogP contribution in [0.25, 0.3) is 0 Å². The van der Waals surface area contributed by atoms with Gasteiger partial charge in [-0.15, -0.1) is 0 Å². The summed E-state index contributed by atoms with van der Waals surface area (Å²) in [7, 11) is 7.29. The SMILES string of the molecule is CC(C)=O.CCCC(=O)OC(C)=O.CN[C@@H](Cc1c[nH]cn1)C(=O)OCC(N)=O.C[N+](C)(C)CC(O)CC(=O)[O-]. The van der Waals surface area contributed by atoms with Crippen LogP contribution in [0.5, 0.6) is 0 Å². The molecule has 40 heavy (non-hydrogen) atoms. The van der Waals surface area contributed by atoms with Crippen molar-refractivity contribution in [3.8, 4) is 0 Å². The molecular weight excluding hydrogens is 530 g/mol. The number of aliphatic carboxylic acids is 1. The highest BCUT2D eigenvalue weighted by Crippen LogP contribution is 2.00. The van der Waals surface area contributed by atoms with Crippen LogP contribution in [0.3, 0.4) is 0 Å². The monoisotopic (exact) mass is 575 g/mol. The zero-order chi connectivity index (χ0) is 31.9.